The van der Waals surface area contributed by atoms with E-state index in [-0.39, 0.29) is 133 Å². The van der Waals surface area contributed by atoms with Gasteiger partial charge in [-0.1, -0.05) is 72.8 Å². The van der Waals surface area contributed by atoms with Gasteiger partial charge in [-0.25, -0.2) is 23.8 Å². The molecule has 0 aliphatic carbocycles. The molecule has 0 atom stereocenters. The van der Waals surface area contributed by atoms with E-state index in [1.165, 1.54) is 74.0 Å². The molecule has 0 spiro atoms. The Kier molecular flexibility index (Phi) is 28.1. The molecule has 12 heterocycles. The number of phosphoric acid groups is 2. The van der Waals surface area contributed by atoms with E-state index in [9.17, 15) is 97.6 Å². The maximum absolute atomic E-state index is 13.7. The number of imide groups is 4. The van der Waals surface area contributed by atoms with Crippen molar-refractivity contribution in [3.63, 3.8) is 0 Å². The fourth-order valence-electron chi connectivity index (χ4n) is 18.2. The second kappa shape index (κ2) is 39.0. The number of non-ortho nitro benzene ring substituents is 4. The van der Waals surface area contributed by atoms with Crippen LogP contribution in [0.3, 0.4) is 0 Å². The van der Waals surface area contributed by atoms with Gasteiger partial charge in [0.15, 0.2) is 7.37 Å². The minimum atomic E-state index is -4.98. The van der Waals surface area contributed by atoms with Crippen molar-refractivity contribution in [2.45, 2.75) is 0 Å². The number of nitro groups is 4. The van der Waals surface area contributed by atoms with E-state index in [2.05, 4.69) is 9.05 Å². The fourth-order valence-corrected chi connectivity index (χ4v) is 19.1. The zero-order valence-corrected chi connectivity index (χ0v) is 84.8. The molecule has 8 amide bonds. The number of hydrogen-bond acceptors (Lipinski definition) is 23. The van der Waals surface area contributed by atoms with Gasteiger partial charge < -0.3 is 65.7 Å². The Bertz CT molecular complexity index is 7960. The third-order valence-corrected chi connectivity index (χ3v) is 26.1. The summed E-state index contributed by atoms with van der Waals surface area (Å²) in [6.07, 6.45) is 13.6. The molecule has 4 aliphatic heterocycles. The Balaban J connectivity index is 0.000000142. The Morgan fingerprint density at radius 2 is 0.437 bits per heavy atom. The summed E-state index contributed by atoms with van der Waals surface area (Å²) in [5.74, 6) is -5.49. The van der Waals surface area contributed by atoms with Crippen LogP contribution in [0, 0.1) is 40.5 Å². The summed E-state index contributed by atoms with van der Waals surface area (Å²) in [5.41, 5.74) is 9.57. The van der Waals surface area contributed by atoms with Crippen LogP contribution in [0.2, 0.25) is 0 Å². The molecule has 8 aromatic heterocycles. The molecule has 0 unspecified atom stereocenters. The first-order valence-corrected chi connectivity index (χ1v) is 47.6. The third-order valence-electron chi connectivity index (χ3n) is 24.5. The van der Waals surface area contributed by atoms with Crippen LogP contribution in [0.15, 0.2) is 219 Å². The molecule has 0 saturated heterocycles. The van der Waals surface area contributed by atoms with E-state index in [0.29, 0.717) is 109 Å². The number of hydrogen-bond donors (Lipinski definition) is 5. The summed E-state index contributed by atoms with van der Waals surface area (Å²) in [5, 5.41) is 60.0. The van der Waals surface area contributed by atoms with E-state index in [1.54, 1.807) is 156 Å². The molecule has 0 saturated carbocycles. The van der Waals surface area contributed by atoms with Crippen LogP contribution in [0.1, 0.15) is 44.5 Å². The van der Waals surface area contributed by atoms with Gasteiger partial charge in [-0.15, -0.1) is 0 Å². The number of para-hydroxylation sites is 4. The van der Waals surface area contributed by atoms with Crippen LogP contribution < -0.4 is 0 Å². The van der Waals surface area contributed by atoms with Crippen molar-refractivity contribution in [2.75, 3.05) is 40.3 Å². The van der Waals surface area contributed by atoms with Gasteiger partial charge in [-0.3, -0.25) is 97.3 Å². The number of fused-ring (bicyclic) bond motifs is 8. The van der Waals surface area contributed by atoms with Crippen molar-refractivity contribution in [1.82, 2.24) is 56.1 Å². The number of benzene rings is 8. The molecule has 8 aromatic carbocycles. The van der Waals surface area contributed by atoms with Crippen molar-refractivity contribution in [1.29, 1.82) is 0 Å². The van der Waals surface area contributed by atoms with E-state index in [1.807, 2.05) is 96.0 Å². The Hall–Kier alpha value is -14.2. The summed E-state index contributed by atoms with van der Waals surface area (Å²) < 4.78 is 63.1. The molecule has 718 valence electrons. The summed E-state index contributed by atoms with van der Waals surface area (Å²) in [4.78, 5) is 191. The van der Waals surface area contributed by atoms with Crippen molar-refractivity contribution < 1.29 is 175 Å². The first-order chi connectivity index (χ1) is 66.3. The summed E-state index contributed by atoms with van der Waals surface area (Å²) in [6.45, 7) is -0.265. The van der Waals surface area contributed by atoms with Crippen LogP contribution in [-0.4, -0.2) is 188 Å². The average molecular weight is 2140 g/mol. The van der Waals surface area contributed by atoms with Gasteiger partial charge in [0.25, 0.3) is 70.0 Å². The maximum Gasteiger partial charge on any atom is 0.471 e. The number of carbonyl (C=O) groups excluding carboxylic acids is 8. The summed E-state index contributed by atoms with van der Waals surface area (Å²) >= 11 is 0. The minimum Gasteiger partial charge on any atom is -0.376 e. The molecule has 48 heteroatoms. The van der Waals surface area contributed by atoms with Crippen LogP contribution in [-0.2, 0) is 187 Å². The van der Waals surface area contributed by atoms with Gasteiger partial charge in [0.1, 0.15) is 26.9 Å². The molecule has 2 radical (unpaired) electrons. The van der Waals surface area contributed by atoms with Gasteiger partial charge in [-0.2, -0.15) is 0 Å². The molecule has 20 rings (SSSR count). The number of rotatable bonds is 22. The number of nitro benzene ring substituents is 4. The zero-order valence-electron chi connectivity index (χ0n) is 76.5. The molecule has 142 heavy (non-hydrogen) atoms. The normalized spacial score (nSPS) is 14.4. The largest absolute Gasteiger partial charge is 0.471 e. The van der Waals surface area contributed by atoms with E-state index < -0.39 is 117 Å². The van der Waals surface area contributed by atoms with Gasteiger partial charge in [-0.05, 0) is 48.5 Å². The molecule has 0 bridgehead atoms. The molecular formula is C94H79N16O27P3Y2. The number of aryl methyl sites for hydroxylation is 8. The van der Waals surface area contributed by atoms with Gasteiger partial charge >= 0.3 is 15.6 Å². The monoisotopic (exact) mass is 2130 g/mol. The average Bonchev–Trinajstić information content (AvgIpc) is 1.58. The molecule has 16 aromatic rings. The van der Waals surface area contributed by atoms with Crippen LogP contribution in [0.25, 0.3) is 132 Å². The molecular weight excluding hydrogens is 2060 g/mol. The number of aliphatic hydroxyl groups excluding tert-OH is 1. The Labute approximate surface area is 850 Å². The van der Waals surface area contributed by atoms with Gasteiger partial charge in [0.2, 0.25) is 0 Å². The van der Waals surface area contributed by atoms with Gasteiger partial charge in [0.05, 0.1) is 86.3 Å². The second-order valence-corrected chi connectivity index (χ2v) is 38.7. The second-order valence-electron chi connectivity index (χ2n) is 33.4. The van der Waals surface area contributed by atoms with Crippen LogP contribution >= 0.6 is 23.0 Å². The number of amides is 8. The van der Waals surface area contributed by atoms with E-state index in [4.69, 9.17) is 24.1 Å². The molecule has 0 fully saturated rings. The van der Waals surface area contributed by atoms with Crippen LogP contribution in [0.4, 0.5) is 22.7 Å². The number of carbonyl (C=O) groups is 8. The van der Waals surface area contributed by atoms with Crippen molar-refractivity contribution in [3.8, 4) is 0 Å². The summed E-state index contributed by atoms with van der Waals surface area (Å²) in [6, 6.07) is 46.8. The Morgan fingerprint density at radius 1 is 0.268 bits per heavy atom. The first kappa shape index (κ1) is 102. The first-order valence-electron chi connectivity index (χ1n) is 42.0. The van der Waals surface area contributed by atoms with Crippen LogP contribution in [0.5, 0.6) is 0 Å². The van der Waals surface area contributed by atoms with E-state index >= 15 is 0 Å². The molecule has 4 aliphatic rings. The van der Waals surface area contributed by atoms with Crippen molar-refractivity contribution >= 4 is 225 Å². The zero-order chi connectivity index (χ0) is 101. The number of aromatic nitrogens is 8. The standard InChI is InChI=1S/C25H23N4O6P.2C23H19N4O8P.C23H18N4O5.2Y/c1-26-12-18(16-7-5-6-8-20(16)26)22-23(25(31)28(24(22)30)14-35-36(3,4)34)19-13-27(2)21-11-15(29(32)33)9-10-17(19)21;2*1-24-10-16(14-5-3-4-6-18(14)24)20-21(23(29)26(22(20)28)12-35-36(32,33)34)17-11-25(2)19-9-13(27(30)31)7-8-15(17)19;1-24-10-16(14-5-3-4-6-18(14)24)20-21(23(30)26(12-28)22(20)29)17-11-25(2)19-9-13(27(31)32)7-8-15(17)19;;/h5-13H,14H2,1-4H3;2*3-11H,12H2,1-2H3,(H2,32,33,34);3-11,28H,12H2,1-2H3;;. The molecule has 43 nitrogen and oxygen atoms in total. The third kappa shape index (κ3) is 18.5. The van der Waals surface area contributed by atoms with Crippen molar-refractivity contribution in [3.05, 3.63) is 304 Å². The smallest absolute Gasteiger partial charge is 0.376 e. The summed E-state index contributed by atoms with van der Waals surface area (Å²) in [7, 11) is 1.12. The number of phosphoric ester groups is 2. The molecule has 5 N–H and O–H groups in total. The fraction of sp³-hybridized carbons (Fsp3) is 0.149. The maximum atomic E-state index is 13.7. The topological polar surface area (TPSA) is 542 Å². The van der Waals surface area contributed by atoms with Crippen molar-refractivity contribution in [2.24, 2.45) is 56.4 Å². The predicted octanol–water partition coefficient (Wildman–Crippen LogP) is 13.0. The Morgan fingerprint density at radius 3 is 0.613 bits per heavy atom. The van der Waals surface area contributed by atoms with E-state index in [0.717, 1.165) is 42.6 Å². The van der Waals surface area contributed by atoms with Gasteiger partial charge in [0, 0.05) is 343 Å². The predicted molar refractivity (Wildman–Crippen MR) is 513 cm³/mol. The minimum absolute atomic E-state index is 0. The SMILES string of the molecule is Cn1cc(C2=C(c3cn(C)c4cc([N+](=O)[O-])ccc34)C(=O)N(CO)C2=O)c2ccccc21.Cn1cc(C2=C(c3cn(C)c4cc([N+](=O)[O-])ccc34)C(=O)N(COP(=O)(O)O)C2=O)c2ccccc21.Cn1cc(C2=C(c3cn(C)c4cc([N+](=O)[O-])ccc34)C(=O)N(COP(=O)(O)O)C2=O)c2ccccc21.Cn1cc(C2=C(c3cn(C)c4cc([N+](=O)[O-])ccc34)C(=O)N(COP(C)(C)=O)C2=O)c2ccccc21.[Y].[Y]. The number of nitrogens with zero attached hydrogens (tertiary/aromatic N) is 16. The quantitative estimate of drug-likeness (QED) is 0.0182. The number of aliphatic hydroxyl groups is 1.